The fourth-order valence-corrected chi connectivity index (χ4v) is 2.99. The van der Waals surface area contributed by atoms with E-state index in [-0.39, 0.29) is 10.8 Å². The second-order valence-electron chi connectivity index (χ2n) is 6.69. The maximum atomic E-state index is 6.21. The first kappa shape index (κ1) is 13.0. The molecule has 0 aromatic heterocycles. The van der Waals surface area contributed by atoms with Gasteiger partial charge in [0.2, 0.25) is 0 Å². The Morgan fingerprint density at radius 1 is 1.00 bits per heavy atom. The predicted molar refractivity (Wildman–Crippen MR) is 76.0 cm³/mol. The number of halogens is 1. The molecule has 0 aliphatic heterocycles. The summed E-state index contributed by atoms with van der Waals surface area (Å²) in [7, 11) is 0. The van der Waals surface area contributed by atoms with E-state index >= 15 is 0 Å². The van der Waals surface area contributed by atoms with Crippen molar-refractivity contribution in [1.29, 1.82) is 0 Å². The number of rotatable bonds is 1. The van der Waals surface area contributed by atoms with Crippen LogP contribution in [0.15, 0.2) is 18.2 Å². The molecule has 94 valence electrons. The highest BCUT2D eigenvalue weighted by atomic mass is 35.5. The molecule has 0 N–H and O–H groups in total. The standard InChI is InChI=1S/C16H23Cl/c1-11(17)12-6-7-13-14(10-12)16(4,5)9-8-15(13,2)3/h6-7,10-11H,8-9H2,1-5H3. The molecule has 0 bridgehead atoms. The molecule has 0 amide bonds. The van der Waals surface area contributed by atoms with Crippen LogP contribution in [0.3, 0.4) is 0 Å². The van der Waals surface area contributed by atoms with E-state index < -0.39 is 0 Å². The molecule has 0 heterocycles. The van der Waals surface area contributed by atoms with Crippen LogP contribution in [0, 0.1) is 0 Å². The van der Waals surface area contributed by atoms with E-state index in [0.717, 1.165) is 0 Å². The number of hydrogen-bond donors (Lipinski definition) is 0. The minimum Gasteiger partial charge on any atom is -0.118 e. The van der Waals surface area contributed by atoms with Crippen LogP contribution in [0.2, 0.25) is 0 Å². The Morgan fingerprint density at radius 2 is 1.53 bits per heavy atom. The molecule has 1 heteroatoms. The summed E-state index contributed by atoms with van der Waals surface area (Å²) >= 11 is 6.21. The molecule has 17 heavy (non-hydrogen) atoms. The highest BCUT2D eigenvalue weighted by Crippen LogP contribution is 2.46. The van der Waals surface area contributed by atoms with Crippen LogP contribution in [0.1, 0.15) is 69.5 Å². The van der Waals surface area contributed by atoms with Gasteiger partial charge in [0.25, 0.3) is 0 Å². The zero-order valence-electron chi connectivity index (χ0n) is 11.6. The molecular weight excluding hydrogens is 228 g/mol. The Kier molecular flexibility index (Phi) is 3.06. The molecule has 1 aliphatic carbocycles. The summed E-state index contributed by atoms with van der Waals surface area (Å²) < 4.78 is 0. The first-order valence-corrected chi connectivity index (χ1v) is 6.97. The molecule has 0 nitrogen and oxygen atoms in total. The lowest BCUT2D eigenvalue weighted by atomic mass is 9.63. The monoisotopic (exact) mass is 250 g/mol. The van der Waals surface area contributed by atoms with Crippen LogP contribution >= 0.6 is 11.6 Å². The highest BCUT2D eigenvalue weighted by molar-refractivity contribution is 6.20. The summed E-state index contributed by atoms with van der Waals surface area (Å²) in [5.74, 6) is 0. The lowest BCUT2D eigenvalue weighted by Crippen LogP contribution is -2.33. The van der Waals surface area contributed by atoms with Gasteiger partial charge in [0.05, 0.1) is 5.38 Å². The van der Waals surface area contributed by atoms with Crippen molar-refractivity contribution < 1.29 is 0 Å². The highest BCUT2D eigenvalue weighted by Gasteiger charge is 2.36. The van der Waals surface area contributed by atoms with Crippen LogP contribution in [-0.4, -0.2) is 0 Å². The quantitative estimate of drug-likeness (QED) is 0.591. The third-order valence-corrected chi connectivity index (χ3v) is 4.59. The molecule has 0 saturated carbocycles. The lowest BCUT2D eigenvalue weighted by molar-refractivity contribution is 0.331. The Balaban J connectivity index is 2.60. The fourth-order valence-electron chi connectivity index (χ4n) is 2.85. The van der Waals surface area contributed by atoms with E-state index in [1.807, 2.05) is 6.92 Å². The summed E-state index contributed by atoms with van der Waals surface area (Å²) in [6.07, 6.45) is 2.52. The Labute approximate surface area is 110 Å². The van der Waals surface area contributed by atoms with Gasteiger partial charge in [-0.15, -0.1) is 11.6 Å². The van der Waals surface area contributed by atoms with Crippen molar-refractivity contribution in [3.8, 4) is 0 Å². The Bertz CT molecular complexity index is 427. The van der Waals surface area contributed by atoms with Gasteiger partial charge < -0.3 is 0 Å². The van der Waals surface area contributed by atoms with Crippen molar-refractivity contribution in [3.63, 3.8) is 0 Å². The first-order valence-electron chi connectivity index (χ1n) is 6.53. The van der Waals surface area contributed by atoms with Crippen LogP contribution < -0.4 is 0 Å². The van der Waals surface area contributed by atoms with Crippen molar-refractivity contribution >= 4 is 11.6 Å². The van der Waals surface area contributed by atoms with Gasteiger partial charge in [0.1, 0.15) is 0 Å². The van der Waals surface area contributed by atoms with E-state index in [1.54, 1.807) is 0 Å². The van der Waals surface area contributed by atoms with Crippen molar-refractivity contribution in [2.75, 3.05) is 0 Å². The summed E-state index contributed by atoms with van der Waals surface area (Å²) in [5, 5.41) is 0.0983. The average Bonchev–Trinajstić information content (AvgIpc) is 2.24. The average molecular weight is 251 g/mol. The predicted octanol–water partition coefficient (Wildman–Crippen LogP) is 5.34. The molecule has 1 aromatic carbocycles. The van der Waals surface area contributed by atoms with Crippen LogP contribution in [0.25, 0.3) is 0 Å². The number of benzene rings is 1. The maximum absolute atomic E-state index is 6.21. The van der Waals surface area contributed by atoms with Gasteiger partial charge in [-0.1, -0.05) is 45.9 Å². The molecule has 0 radical (unpaired) electrons. The van der Waals surface area contributed by atoms with Gasteiger partial charge in [-0.2, -0.15) is 0 Å². The topological polar surface area (TPSA) is 0 Å². The number of fused-ring (bicyclic) bond motifs is 1. The molecule has 1 aliphatic rings. The van der Waals surface area contributed by atoms with Crippen LogP contribution in [0.4, 0.5) is 0 Å². The molecule has 1 unspecified atom stereocenters. The van der Waals surface area contributed by atoms with Crippen molar-refractivity contribution in [2.24, 2.45) is 0 Å². The third-order valence-electron chi connectivity index (χ3n) is 4.34. The van der Waals surface area contributed by atoms with Gasteiger partial charge in [0.15, 0.2) is 0 Å². The normalized spacial score (nSPS) is 22.9. The van der Waals surface area contributed by atoms with Crippen molar-refractivity contribution in [2.45, 2.75) is 63.7 Å². The van der Waals surface area contributed by atoms with E-state index in [2.05, 4.69) is 45.9 Å². The van der Waals surface area contributed by atoms with Gasteiger partial charge in [0, 0.05) is 0 Å². The van der Waals surface area contributed by atoms with E-state index in [4.69, 9.17) is 11.6 Å². The summed E-state index contributed by atoms with van der Waals surface area (Å²) in [5.41, 5.74) is 4.84. The molecule has 0 fully saturated rings. The smallest absolute Gasteiger partial charge is 0.0557 e. The minimum atomic E-state index is 0.0983. The first-order chi connectivity index (χ1) is 7.74. The second kappa shape index (κ2) is 4.02. The van der Waals surface area contributed by atoms with Crippen molar-refractivity contribution in [3.05, 3.63) is 34.9 Å². The summed E-state index contributed by atoms with van der Waals surface area (Å²) in [6, 6.07) is 6.82. The summed E-state index contributed by atoms with van der Waals surface area (Å²) in [6.45, 7) is 11.5. The van der Waals surface area contributed by atoms with E-state index in [0.29, 0.717) is 5.41 Å². The van der Waals surface area contributed by atoms with E-state index in [9.17, 15) is 0 Å². The number of hydrogen-bond acceptors (Lipinski definition) is 0. The molecule has 0 spiro atoms. The zero-order valence-corrected chi connectivity index (χ0v) is 12.4. The largest absolute Gasteiger partial charge is 0.118 e. The molecule has 1 aromatic rings. The van der Waals surface area contributed by atoms with Gasteiger partial charge >= 0.3 is 0 Å². The van der Waals surface area contributed by atoms with E-state index in [1.165, 1.54) is 29.5 Å². The molecule has 0 saturated heterocycles. The van der Waals surface area contributed by atoms with Crippen LogP contribution in [-0.2, 0) is 10.8 Å². The van der Waals surface area contributed by atoms with Gasteiger partial charge in [-0.3, -0.25) is 0 Å². The van der Waals surface area contributed by atoms with Crippen LogP contribution in [0.5, 0.6) is 0 Å². The van der Waals surface area contributed by atoms with Gasteiger partial charge in [-0.25, -0.2) is 0 Å². The Hall–Kier alpha value is -0.490. The number of alkyl halides is 1. The lowest BCUT2D eigenvalue weighted by Gasteiger charge is -2.42. The summed E-state index contributed by atoms with van der Waals surface area (Å²) in [4.78, 5) is 0. The fraction of sp³-hybridized carbons (Fsp3) is 0.625. The SMILES string of the molecule is CC(Cl)c1ccc2c(c1)C(C)(C)CCC2(C)C. The molecule has 2 rings (SSSR count). The zero-order chi connectivity index (χ0) is 12.8. The maximum Gasteiger partial charge on any atom is 0.0557 e. The van der Waals surface area contributed by atoms with Gasteiger partial charge in [-0.05, 0) is 47.3 Å². The molecular formula is C16H23Cl. The second-order valence-corrected chi connectivity index (χ2v) is 7.34. The third kappa shape index (κ3) is 2.25. The minimum absolute atomic E-state index is 0.0983. The Morgan fingerprint density at radius 3 is 2.06 bits per heavy atom. The molecule has 1 atom stereocenters. The van der Waals surface area contributed by atoms with Crippen molar-refractivity contribution in [1.82, 2.24) is 0 Å².